The van der Waals surface area contributed by atoms with E-state index < -0.39 is 20.6 Å². The van der Waals surface area contributed by atoms with E-state index in [1.807, 2.05) is 30.3 Å². The van der Waals surface area contributed by atoms with Crippen LogP contribution in [0.25, 0.3) is 0 Å². The van der Waals surface area contributed by atoms with Gasteiger partial charge in [0.15, 0.2) is 9.84 Å². The van der Waals surface area contributed by atoms with Gasteiger partial charge in [-0.2, -0.15) is 0 Å². The minimum atomic E-state index is -3.51. The maximum Gasteiger partial charge on any atom is 0.240 e. The van der Waals surface area contributed by atoms with Gasteiger partial charge in [0.05, 0.1) is 10.1 Å². The number of nitrogens with one attached hydrogen (secondary N) is 2. The number of rotatable bonds is 4. The molecule has 2 aliphatic heterocycles. The molecule has 0 spiro atoms. The summed E-state index contributed by atoms with van der Waals surface area (Å²) in [5, 5.41) is 5.75. The quantitative estimate of drug-likeness (QED) is 0.859. The molecule has 2 aliphatic rings. The van der Waals surface area contributed by atoms with Crippen LogP contribution in [0.15, 0.2) is 65.6 Å². The van der Waals surface area contributed by atoms with Crippen LogP contribution in [-0.2, 0) is 21.1 Å². The summed E-state index contributed by atoms with van der Waals surface area (Å²) in [6.45, 7) is 0.494. The molecule has 2 fully saturated rings. The van der Waals surface area contributed by atoms with E-state index in [0.717, 1.165) is 5.56 Å². The summed E-state index contributed by atoms with van der Waals surface area (Å²) in [6, 6.07) is 18.1. The highest BCUT2D eigenvalue weighted by molar-refractivity contribution is 7.92. The summed E-state index contributed by atoms with van der Waals surface area (Å²) in [7, 11) is -3.51. The first-order valence-electron chi connectivity index (χ1n) is 8.90. The number of carbonyl (C=O) groups excluding carboxylic acids is 1. The molecule has 0 saturated carbocycles. The number of amides is 1. The molecule has 0 radical (unpaired) electrons. The molecule has 2 saturated heterocycles. The van der Waals surface area contributed by atoms with Gasteiger partial charge in [0.1, 0.15) is 5.54 Å². The van der Waals surface area contributed by atoms with E-state index in [1.54, 1.807) is 30.3 Å². The molecule has 2 heterocycles. The molecule has 136 valence electrons. The Morgan fingerprint density at radius 1 is 1.00 bits per heavy atom. The van der Waals surface area contributed by atoms with E-state index in [4.69, 9.17) is 0 Å². The minimum Gasteiger partial charge on any atom is -0.354 e. The van der Waals surface area contributed by atoms with Crippen LogP contribution in [-0.4, -0.2) is 37.7 Å². The molecule has 1 amide bonds. The number of sulfone groups is 1. The van der Waals surface area contributed by atoms with Gasteiger partial charge in [-0.15, -0.1) is 0 Å². The van der Waals surface area contributed by atoms with Crippen molar-refractivity contribution in [3.05, 3.63) is 66.2 Å². The van der Waals surface area contributed by atoms with Gasteiger partial charge in [0.25, 0.3) is 0 Å². The first-order chi connectivity index (χ1) is 12.5. The molecule has 0 aromatic heterocycles. The average Bonchev–Trinajstić information content (AvgIpc) is 2.95. The fraction of sp³-hybridized carbons (Fsp3) is 0.350. The summed E-state index contributed by atoms with van der Waals surface area (Å²) in [5.74, 6) is -0.102. The molecule has 5 nitrogen and oxygen atoms in total. The lowest BCUT2D eigenvalue weighted by atomic mass is 9.88. The Kier molecular flexibility index (Phi) is 4.32. The number of carbonyl (C=O) groups is 1. The first kappa shape index (κ1) is 17.2. The minimum absolute atomic E-state index is 0.102. The number of hydrogen-bond acceptors (Lipinski definition) is 4. The van der Waals surface area contributed by atoms with E-state index in [2.05, 4.69) is 10.6 Å². The Balaban J connectivity index is 1.71. The Labute approximate surface area is 153 Å². The lowest BCUT2D eigenvalue weighted by molar-refractivity contribution is -0.126. The second-order valence-corrected chi connectivity index (χ2v) is 9.31. The molecular formula is C20H22N2O3S. The summed E-state index contributed by atoms with van der Waals surface area (Å²) < 4.78 is 26.4. The highest BCUT2D eigenvalue weighted by Gasteiger charge is 2.55. The van der Waals surface area contributed by atoms with Crippen LogP contribution in [0.4, 0.5) is 0 Å². The highest BCUT2D eigenvalue weighted by atomic mass is 32.2. The largest absolute Gasteiger partial charge is 0.354 e. The van der Waals surface area contributed by atoms with E-state index in [-0.39, 0.29) is 18.4 Å². The van der Waals surface area contributed by atoms with Gasteiger partial charge < -0.3 is 5.32 Å². The van der Waals surface area contributed by atoms with Crippen LogP contribution < -0.4 is 10.6 Å². The summed E-state index contributed by atoms with van der Waals surface area (Å²) in [5.41, 5.74) is 0.142. The van der Waals surface area contributed by atoms with Crippen molar-refractivity contribution in [1.29, 1.82) is 0 Å². The van der Waals surface area contributed by atoms with Crippen LogP contribution in [0.5, 0.6) is 0 Å². The van der Waals surface area contributed by atoms with Crippen LogP contribution >= 0.6 is 0 Å². The van der Waals surface area contributed by atoms with Gasteiger partial charge >= 0.3 is 0 Å². The van der Waals surface area contributed by atoms with Crippen LogP contribution in [0.2, 0.25) is 0 Å². The lowest BCUT2D eigenvalue weighted by Crippen LogP contribution is -2.54. The molecule has 2 aromatic carbocycles. The van der Waals surface area contributed by atoms with E-state index >= 15 is 0 Å². The smallest absolute Gasteiger partial charge is 0.240 e. The molecule has 26 heavy (non-hydrogen) atoms. The predicted molar refractivity (Wildman–Crippen MR) is 99.5 cm³/mol. The first-order valence-corrected chi connectivity index (χ1v) is 10.4. The molecule has 4 rings (SSSR count). The van der Waals surface area contributed by atoms with Crippen molar-refractivity contribution in [3.63, 3.8) is 0 Å². The molecule has 2 aromatic rings. The average molecular weight is 370 g/mol. The SMILES string of the molecule is O=C1NCC[C@@H]2N[C@@]1(Cc1ccccc1)C[C@@H]2S(=O)(=O)c1ccccc1. The number of fused-ring (bicyclic) bond motifs is 2. The van der Waals surface area contributed by atoms with Crippen molar-refractivity contribution < 1.29 is 13.2 Å². The third-order valence-corrected chi connectivity index (χ3v) is 7.68. The summed E-state index contributed by atoms with van der Waals surface area (Å²) >= 11 is 0. The Hall–Kier alpha value is -2.18. The number of benzene rings is 2. The van der Waals surface area contributed by atoms with Crippen molar-refractivity contribution in [2.24, 2.45) is 0 Å². The molecule has 2 N–H and O–H groups in total. The topological polar surface area (TPSA) is 75.3 Å². The monoisotopic (exact) mass is 370 g/mol. The number of hydrogen-bond donors (Lipinski definition) is 2. The van der Waals surface area contributed by atoms with Gasteiger partial charge in [-0.05, 0) is 37.0 Å². The molecule has 2 bridgehead atoms. The van der Waals surface area contributed by atoms with Crippen molar-refractivity contribution in [3.8, 4) is 0 Å². The van der Waals surface area contributed by atoms with Crippen LogP contribution in [0, 0.1) is 0 Å². The Bertz CT molecular complexity index is 899. The summed E-state index contributed by atoms with van der Waals surface area (Å²) in [6.07, 6.45) is 1.38. The van der Waals surface area contributed by atoms with Crippen molar-refractivity contribution in [1.82, 2.24) is 10.6 Å². The standard InChI is InChI=1S/C20H22N2O3S/c23-19-20(13-15-7-3-1-4-8-15)14-18(17(22-20)11-12-21-19)26(24,25)16-9-5-2-6-10-16/h1-10,17-18,22H,11-14H2,(H,21,23)/t17-,18-,20-/m0/s1. The van der Waals surface area contributed by atoms with E-state index in [9.17, 15) is 13.2 Å². The van der Waals surface area contributed by atoms with Crippen LogP contribution in [0.1, 0.15) is 18.4 Å². The van der Waals surface area contributed by atoms with Gasteiger partial charge in [-0.25, -0.2) is 8.42 Å². The van der Waals surface area contributed by atoms with E-state index in [0.29, 0.717) is 24.3 Å². The third kappa shape index (κ3) is 2.93. The Morgan fingerprint density at radius 3 is 2.35 bits per heavy atom. The Morgan fingerprint density at radius 2 is 1.65 bits per heavy atom. The van der Waals surface area contributed by atoms with Crippen LogP contribution in [0.3, 0.4) is 0 Å². The van der Waals surface area contributed by atoms with Crippen molar-refractivity contribution in [2.75, 3.05) is 6.54 Å². The molecule has 3 atom stereocenters. The fourth-order valence-corrected chi connectivity index (χ4v) is 6.20. The predicted octanol–water partition coefficient (Wildman–Crippen LogP) is 1.69. The second kappa shape index (κ2) is 6.52. The molecular weight excluding hydrogens is 348 g/mol. The van der Waals surface area contributed by atoms with Gasteiger partial charge in [-0.3, -0.25) is 10.1 Å². The normalized spacial score (nSPS) is 28.4. The maximum absolute atomic E-state index is 13.2. The zero-order valence-corrected chi connectivity index (χ0v) is 15.2. The summed E-state index contributed by atoms with van der Waals surface area (Å²) in [4.78, 5) is 13.2. The molecule has 6 heteroatoms. The lowest BCUT2D eigenvalue weighted by Gasteiger charge is -2.28. The zero-order valence-electron chi connectivity index (χ0n) is 14.4. The van der Waals surface area contributed by atoms with Gasteiger partial charge in [-0.1, -0.05) is 48.5 Å². The highest BCUT2D eigenvalue weighted by Crippen LogP contribution is 2.37. The van der Waals surface area contributed by atoms with Gasteiger partial charge in [0, 0.05) is 12.6 Å². The van der Waals surface area contributed by atoms with Crippen molar-refractivity contribution >= 4 is 15.7 Å². The van der Waals surface area contributed by atoms with Crippen molar-refractivity contribution in [2.45, 2.75) is 41.0 Å². The second-order valence-electron chi connectivity index (χ2n) is 7.14. The third-order valence-electron chi connectivity index (χ3n) is 5.45. The van der Waals surface area contributed by atoms with E-state index in [1.165, 1.54) is 0 Å². The van der Waals surface area contributed by atoms with Gasteiger partial charge in [0.2, 0.25) is 5.91 Å². The zero-order chi connectivity index (χ0) is 18.2. The fourth-order valence-electron chi connectivity index (χ4n) is 4.18. The molecule has 0 aliphatic carbocycles. The maximum atomic E-state index is 13.2. The molecule has 0 unspecified atom stereocenters.